The second kappa shape index (κ2) is 9.37. The van der Waals surface area contributed by atoms with Gasteiger partial charge in [-0.1, -0.05) is 31.2 Å². The molecule has 3 rings (SSSR count). The van der Waals surface area contributed by atoms with Gasteiger partial charge in [0.1, 0.15) is 0 Å². The molecule has 0 aliphatic carbocycles. The van der Waals surface area contributed by atoms with Crippen molar-refractivity contribution in [3.63, 3.8) is 0 Å². The standard InChI is InChI=1S/C25H29N3O/c1-5-17(2)27-23-10-6-20(7-11-23)19(4)25(29)28-24-12-8-21(9-13-24)22-14-15-26-18(3)16-22/h6-17,19,27H,5H2,1-4H3,(H,28,29). The van der Waals surface area contributed by atoms with Gasteiger partial charge in [-0.25, -0.2) is 0 Å². The van der Waals surface area contributed by atoms with Gasteiger partial charge < -0.3 is 10.6 Å². The lowest BCUT2D eigenvalue weighted by atomic mass is 9.99. The summed E-state index contributed by atoms with van der Waals surface area (Å²) in [6.07, 6.45) is 2.88. The van der Waals surface area contributed by atoms with E-state index in [-0.39, 0.29) is 11.8 Å². The van der Waals surface area contributed by atoms with Crippen molar-refractivity contribution < 1.29 is 4.79 Å². The first kappa shape index (κ1) is 20.6. The topological polar surface area (TPSA) is 54.0 Å². The van der Waals surface area contributed by atoms with Crippen molar-refractivity contribution >= 4 is 17.3 Å². The van der Waals surface area contributed by atoms with Gasteiger partial charge in [0.05, 0.1) is 5.92 Å². The Labute approximate surface area is 173 Å². The molecule has 4 heteroatoms. The molecule has 0 radical (unpaired) electrons. The zero-order valence-electron chi connectivity index (χ0n) is 17.6. The van der Waals surface area contributed by atoms with E-state index >= 15 is 0 Å². The molecule has 29 heavy (non-hydrogen) atoms. The summed E-state index contributed by atoms with van der Waals surface area (Å²) in [5.41, 5.74) is 6.09. The SMILES string of the molecule is CCC(C)Nc1ccc(C(C)C(=O)Nc2ccc(-c3ccnc(C)c3)cc2)cc1. The van der Waals surface area contributed by atoms with Crippen LogP contribution in [0.5, 0.6) is 0 Å². The molecular formula is C25H29N3O. The summed E-state index contributed by atoms with van der Waals surface area (Å²) in [5.74, 6) is -0.240. The van der Waals surface area contributed by atoms with E-state index in [0.29, 0.717) is 6.04 Å². The molecular weight excluding hydrogens is 358 g/mol. The van der Waals surface area contributed by atoms with Crippen molar-refractivity contribution in [3.8, 4) is 11.1 Å². The molecule has 1 aromatic heterocycles. The second-order valence-electron chi connectivity index (χ2n) is 7.55. The first-order valence-electron chi connectivity index (χ1n) is 10.2. The number of anilines is 2. The first-order chi connectivity index (χ1) is 14.0. The maximum absolute atomic E-state index is 12.7. The van der Waals surface area contributed by atoms with Crippen LogP contribution >= 0.6 is 0 Å². The van der Waals surface area contributed by atoms with Crippen molar-refractivity contribution in [2.24, 2.45) is 0 Å². The van der Waals surface area contributed by atoms with Gasteiger partial charge in [0.2, 0.25) is 5.91 Å². The normalized spacial score (nSPS) is 12.8. The minimum absolute atomic E-state index is 0.0138. The predicted molar refractivity (Wildman–Crippen MR) is 121 cm³/mol. The van der Waals surface area contributed by atoms with Crippen molar-refractivity contribution in [2.75, 3.05) is 10.6 Å². The highest BCUT2D eigenvalue weighted by molar-refractivity contribution is 5.95. The van der Waals surface area contributed by atoms with Crippen molar-refractivity contribution in [2.45, 2.75) is 46.1 Å². The number of carbonyl (C=O) groups is 1. The van der Waals surface area contributed by atoms with Crippen LogP contribution in [-0.2, 0) is 4.79 Å². The maximum atomic E-state index is 12.7. The van der Waals surface area contributed by atoms with Crippen LogP contribution in [0.1, 0.15) is 44.4 Å². The Morgan fingerprint density at radius 1 is 0.931 bits per heavy atom. The lowest BCUT2D eigenvalue weighted by Crippen LogP contribution is -2.19. The van der Waals surface area contributed by atoms with E-state index in [1.807, 2.05) is 74.6 Å². The van der Waals surface area contributed by atoms with Gasteiger partial charge in [-0.3, -0.25) is 9.78 Å². The molecule has 150 valence electrons. The number of hydrogen-bond donors (Lipinski definition) is 2. The predicted octanol–water partition coefficient (Wildman–Crippen LogP) is 6.01. The molecule has 3 aromatic rings. The number of amides is 1. The number of carbonyl (C=O) groups excluding carboxylic acids is 1. The van der Waals surface area contributed by atoms with E-state index in [4.69, 9.17) is 0 Å². The van der Waals surface area contributed by atoms with Gasteiger partial charge >= 0.3 is 0 Å². The molecule has 2 aromatic carbocycles. The number of hydrogen-bond acceptors (Lipinski definition) is 3. The van der Waals surface area contributed by atoms with E-state index < -0.39 is 0 Å². The average molecular weight is 388 g/mol. The van der Waals surface area contributed by atoms with Gasteiger partial charge in [-0.15, -0.1) is 0 Å². The molecule has 2 atom stereocenters. The largest absolute Gasteiger partial charge is 0.383 e. The van der Waals surface area contributed by atoms with E-state index in [1.165, 1.54) is 0 Å². The van der Waals surface area contributed by atoms with E-state index in [0.717, 1.165) is 40.2 Å². The van der Waals surface area contributed by atoms with Gasteiger partial charge in [0.25, 0.3) is 0 Å². The third-order valence-electron chi connectivity index (χ3n) is 5.21. The minimum atomic E-state index is -0.227. The minimum Gasteiger partial charge on any atom is -0.383 e. The Hall–Kier alpha value is -3.14. The molecule has 1 amide bonds. The number of benzene rings is 2. The summed E-state index contributed by atoms with van der Waals surface area (Å²) in [7, 11) is 0. The third kappa shape index (κ3) is 5.44. The van der Waals surface area contributed by atoms with Gasteiger partial charge in [-0.2, -0.15) is 0 Å². The zero-order chi connectivity index (χ0) is 20.8. The molecule has 0 aliphatic heterocycles. The van der Waals surface area contributed by atoms with E-state index in [2.05, 4.69) is 35.5 Å². The summed E-state index contributed by atoms with van der Waals surface area (Å²) in [6.45, 7) is 8.22. The van der Waals surface area contributed by atoms with Crippen LogP contribution < -0.4 is 10.6 Å². The maximum Gasteiger partial charge on any atom is 0.231 e. The van der Waals surface area contributed by atoms with Crippen LogP contribution in [0.25, 0.3) is 11.1 Å². The Morgan fingerprint density at radius 3 is 2.21 bits per heavy atom. The highest BCUT2D eigenvalue weighted by atomic mass is 16.1. The second-order valence-corrected chi connectivity index (χ2v) is 7.55. The monoisotopic (exact) mass is 387 g/mol. The van der Waals surface area contributed by atoms with Crippen LogP contribution in [0.15, 0.2) is 66.9 Å². The highest BCUT2D eigenvalue weighted by Gasteiger charge is 2.15. The van der Waals surface area contributed by atoms with Gasteiger partial charge in [-0.05, 0) is 80.3 Å². The fraction of sp³-hybridized carbons (Fsp3) is 0.280. The Kier molecular flexibility index (Phi) is 6.65. The van der Waals surface area contributed by atoms with Crippen LogP contribution in [-0.4, -0.2) is 16.9 Å². The smallest absolute Gasteiger partial charge is 0.231 e. The quantitative estimate of drug-likeness (QED) is 0.522. The van der Waals surface area contributed by atoms with Crippen molar-refractivity contribution in [1.82, 2.24) is 4.98 Å². The third-order valence-corrected chi connectivity index (χ3v) is 5.21. The molecule has 0 saturated heterocycles. The molecule has 0 saturated carbocycles. The summed E-state index contributed by atoms with van der Waals surface area (Å²) < 4.78 is 0. The van der Waals surface area contributed by atoms with Crippen LogP contribution in [0.4, 0.5) is 11.4 Å². The van der Waals surface area contributed by atoms with Crippen LogP contribution in [0.3, 0.4) is 0 Å². The Balaban J connectivity index is 1.63. The summed E-state index contributed by atoms with van der Waals surface area (Å²) in [4.78, 5) is 16.9. The number of pyridine rings is 1. The number of nitrogens with one attached hydrogen (secondary N) is 2. The number of nitrogens with zero attached hydrogens (tertiary/aromatic N) is 1. The van der Waals surface area contributed by atoms with Crippen LogP contribution in [0.2, 0.25) is 0 Å². The lowest BCUT2D eigenvalue weighted by molar-refractivity contribution is -0.117. The van der Waals surface area contributed by atoms with Crippen molar-refractivity contribution in [1.29, 1.82) is 0 Å². The summed E-state index contributed by atoms with van der Waals surface area (Å²) >= 11 is 0. The molecule has 0 spiro atoms. The van der Waals surface area contributed by atoms with Gasteiger partial charge in [0.15, 0.2) is 0 Å². The number of aryl methyl sites for hydroxylation is 1. The molecule has 4 nitrogen and oxygen atoms in total. The molecule has 0 fully saturated rings. The van der Waals surface area contributed by atoms with Gasteiger partial charge in [0, 0.05) is 29.3 Å². The molecule has 0 bridgehead atoms. The average Bonchev–Trinajstić information content (AvgIpc) is 2.74. The molecule has 0 aliphatic rings. The Bertz CT molecular complexity index is 949. The molecule has 2 N–H and O–H groups in total. The number of rotatable bonds is 7. The van der Waals surface area contributed by atoms with E-state index in [1.54, 1.807) is 0 Å². The molecule has 2 unspecified atom stereocenters. The fourth-order valence-electron chi connectivity index (χ4n) is 3.13. The zero-order valence-corrected chi connectivity index (χ0v) is 17.6. The Morgan fingerprint density at radius 2 is 1.59 bits per heavy atom. The van der Waals surface area contributed by atoms with Crippen LogP contribution in [0, 0.1) is 6.92 Å². The summed E-state index contributed by atoms with van der Waals surface area (Å²) in [6, 6.07) is 20.5. The highest BCUT2D eigenvalue weighted by Crippen LogP contribution is 2.24. The lowest BCUT2D eigenvalue weighted by Gasteiger charge is -2.16. The number of aromatic nitrogens is 1. The van der Waals surface area contributed by atoms with Crippen molar-refractivity contribution in [3.05, 3.63) is 78.1 Å². The fourth-order valence-corrected chi connectivity index (χ4v) is 3.13. The van der Waals surface area contributed by atoms with E-state index in [9.17, 15) is 4.79 Å². The first-order valence-corrected chi connectivity index (χ1v) is 10.2. The molecule has 1 heterocycles. The summed E-state index contributed by atoms with van der Waals surface area (Å²) in [5, 5.41) is 6.46.